The molecule has 0 saturated carbocycles. The summed E-state index contributed by atoms with van der Waals surface area (Å²) in [7, 11) is 0. The summed E-state index contributed by atoms with van der Waals surface area (Å²) in [6, 6.07) is 26.2. The predicted molar refractivity (Wildman–Crippen MR) is 138 cm³/mol. The van der Waals surface area contributed by atoms with E-state index >= 15 is 0 Å². The lowest BCUT2D eigenvalue weighted by Crippen LogP contribution is -2.51. The van der Waals surface area contributed by atoms with Gasteiger partial charge >= 0.3 is 5.97 Å². The molecule has 0 radical (unpaired) electrons. The molecule has 1 aliphatic heterocycles. The summed E-state index contributed by atoms with van der Waals surface area (Å²) in [4.78, 5) is 12.6. The molecule has 182 valence electrons. The zero-order valence-corrected chi connectivity index (χ0v) is 20.8. The molecule has 5 heteroatoms. The first-order valence-corrected chi connectivity index (χ1v) is 11.9. The van der Waals surface area contributed by atoms with Crippen LogP contribution in [0.4, 0.5) is 5.69 Å². The highest BCUT2D eigenvalue weighted by atomic mass is 16.6. The van der Waals surface area contributed by atoms with E-state index < -0.39 is 23.8 Å². The SMILES string of the molecule is CC(C)=CC(=O)OC1C(OCc2ccccc2)c2cc(NCc3ccccc3)ccc2OC1(C)C. The van der Waals surface area contributed by atoms with E-state index in [1.165, 1.54) is 11.6 Å². The molecule has 1 aliphatic rings. The fourth-order valence-corrected chi connectivity index (χ4v) is 4.18. The van der Waals surface area contributed by atoms with E-state index in [1.807, 2.05) is 94.4 Å². The van der Waals surface area contributed by atoms with Gasteiger partial charge in [0, 0.05) is 23.9 Å². The summed E-state index contributed by atoms with van der Waals surface area (Å²) in [6.07, 6.45) is 0.366. The van der Waals surface area contributed by atoms with Crippen LogP contribution in [0, 0.1) is 0 Å². The van der Waals surface area contributed by atoms with E-state index in [0.29, 0.717) is 13.2 Å². The number of nitrogens with one attached hydrogen (secondary N) is 1. The minimum Gasteiger partial charge on any atom is -0.483 e. The number of rotatable bonds is 8. The van der Waals surface area contributed by atoms with Gasteiger partial charge in [0.25, 0.3) is 0 Å². The summed E-state index contributed by atoms with van der Waals surface area (Å²) in [6.45, 7) is 8.67. The second-order valence-corrected chi connectivity index (χ2v) is 9.59. The van der Waals surface area contributed by atoms with Gasteiger partial charge in [-0.05, 0) is 57.0 Å². The van der Waals surface area contributed by atoms with Crippen molar-refractivity contribution >= 4 is 11.7 Å². The fourth-order valence-electron chi connectivity index (χ4n) is 4.18. The van der Waals surface area contributed by atoms with Crippen molar-refractivity contribution in [3.8, 4) is 5.75 Å². The van der Waals surface area contributed by atoms with Gasteiger partial charge in [-0.2, -0.15) is 0 Å². The normalized spacial score (nSPS) is 18.1. The van der Waals surface area contributed by atoms with Crippen molar-refractivity contribution in [1.82, 2.24) is 0 Å². The van der Waals surface area contributed by atoms with Crippen molar-refractivity contribution in [2.45, 2.75) is 58.7 Å². The Kier molecular flexibility index (Phi) is 7.57. The van der Waals surface area contributed by atoms with Gasteiger partial charge in [-0.3, -0.25) is 0 Å². The lowest BCUT2D eigenvalue weighted by atomic mass is 9.87. The second-order valence-electron chi connectivity index (χ2n) is 9.59. The van der Waals surface area contributed by atoms with Crippen molar-refractivity contribution in [3.63, 3.8) is 0 Å². The van der Waals surface area contributed by atoms with Gasteiger partial charge in [-0.1, -0.05) is 66.2 Å². The highest BCUT2D eigenvalue weighted by Crippen LogP contribution is 2.44. The van der Waals surface area contributed by atoms with E-state index in [-0.39, 0.29) is 0 Å². The van der Waals surface area contributed by atoms with Crippen molar-refractivity contribution in [3.05, 3.63) is 107 Å². The van der Waals surface area contributed by atoms with Crippen LogP contribution in [0.15, 0.2) is 90.5 Å². The molecule has 4 rings (SSSR count). The molecule has 5 nitrogen and oxygen atoms in total. The van der Waals surface area contributed by atoms with Crippen LogP contribution in [-0.2, 0) is 27.4 Å². The molecule has 3 aromatic carbocycles. The van der Waals surface area contributed by atoms with Crippen LogP contribution in [0.25, 0.3) is 0 Å². The van der Waals surface area contributed by atoms with Gasteiger partial charge in [0.1, 0.15) is 17.5 Å². The summed E-state index contributed by atoms with van der Waals surface area (Å²) < 4.78 is 18.8. The van der Waals surface area contributed by atoms with E-state index in [1.54, 1.807) is 0 Å². The lowest BCUT2D eigenvalue weighted by Gasteiger charge is -2.43. The molecule has 0 amide bonds. The van der Waals surface area contributed by atoms with Gasteiger partial charge in [-0.25, -0.2) is 4.79 Å². The number of hydrogen-bond acceptors (Lipinski definition) is 5. The third kappa shape index (κ3) is 6.31. The smallest absolute Gasteiger partial charge is 0.331 e. The number of hydrogen-bond donors (Lipinski definition) is 1. The zero-order valence-electron chi connectivity index (χ0n) is 20.8. The Labute approximate surface area is 207 Å². The van der Waals surface area contributed by atoms with E-state index in [0.717, 1.165) is 28.1 Å². The van der Waals surface area contributed by atoms with Gasteiger partial charge in [-0.15, -0.1) is 0 Å². The van der Waals surface area contributed by atoms with Gasteiger partial charge in [0.05, 0.1) is 6.61 Å². The topological polar surface area (TPSA) is 56.8 Å². The molecule has 2 atom stereocenters. The Balaban J connectivity index is 1.64. The Morgan fingerprint density at radius 3 is 2.29 bits per heavy atom. The van der Waals surface area contributed by atoms with Crippen molar-refractivity contribution in [2.75, 3.05) is 5.32 Å². The molecule has 1 N–H and O–H groups in total. The highest BCUT2D eigenvalue weighted by Gasteiger charge is 2.47. The molecule has 1 heterocycles. The van der Waals surface area contributed by atoms with Crippen LogP contribution in [0.1, 0.15) is 50.5 Å². The summed E-state index contributed by atoms with van der Waals surface area (Å²) in [5.74, 6) is 0.328. The number of esters is 1. The van der Waals surface area contributed by atoms with Crippen molar-refractivity contribution < 1.29 is 19.0 Å². The van der Waals surface area contributed by atoms with Crippen LogP contribution >= 0.6 is 0 Å². The predicted octanol–water partition coefficient (Wildman–Crippen LogP) is 6.61. The van der Waals surface area contributed by atoms with Gasteiger partial charge in [0.2, 0.25) is 0 Å². The maximum atomic E-state index is 12.6. The first kappa shape index (κ1) is 24.6. The van der Waals surface area contributed by atoms with Crippen LogP contribution in [-0.4, -0.2) is 17.7 Å². The lowest BCUT2D eigenvalue weighted by molar-refractivity contribution is -0.181. The fraction of sp³-hybridized carbons (Fsp3) is 0.300. The van der Waals surface area contributed by atoms with Crippen LogP contribution in [0.2, 0.25) is 0 Å². The Hall–Kier alpha value is -3.57. The number of carbonyl (C=O) groups is 1. The first-order chi connectivity index (χ1) is 16.8. The van der Waals surface area contributed by atoms with Crippen molar-refractivity contribution in [2.24, 2.45) is 0 Å². The first-order valence-electron chi connectivity index (χ1n) is 11.9. The molecule has 0 spiro atoms. The number of benzene rings is 3. The van der Waals surface area contributed by atoms with Crippen LogP contribution < -0.4 is 10.1 Å². The van der Waals surface area contributed by atoms with E-state index in [9.17, 15) is 4.79 Å². The number of fused-ring (bicyclic) bond motifs is 1. The molecule has 0 fully saturated rings. The highest BCUT2D eigenvalue weighted by molar-refractivity contribution is 5.83. The third-order valence-corrected chi connectivity index (χ3v) is 5.91. The summed E-state index contributed by atoms with van der Waals surface area (Å²) >= 11 is 0. The minimum absolute atomic E-state index is 0.388. The minimum atomic E-state index is -0.779. The molecule has 3 aromatic rings. The largest absolute Gasteiger partial charge is 0.483 e. The monoisotopic (exact) mass is 471 g/mol. The van der Waals surface area contributed by atoms with Gasteiger partial charge in [0.15, 0.2) is 6.10 Å². The number of carbonyl (C=O) groups excluding carboxylic acids is 1. The zero-order chi connectivity index (χ0) is 24.8. The van der Waals surface area contributed by atoms with Crippen molar-refractivity contribution in [1.29, 1.82) is 0 Å². The number of ether oxygens (including phenoxy) is 3. The average Bonchev–Trinajstić information content (AvgIpc) is 2.83. The molecule has 0 aliphatic carbocycles. The average molecular weight is 472 g/mol. The third-order valence-electron chi connectivity index (χ3n) is 5.91. The molecule has 0 aromatic heterocycles. The molecule has 0 bridgehead atoms. The summed E-state index contributed by atoms with van der Waals surface area (Å²) in [5, 5.41) is 3.48. The number of allylic oxidation sites excluding steroid dienone is 1. The summed E-state index contributed by atoms with van der Waals surface area (Å²) in [5.41, 5.74) is 4.13. The Bertz CT molecular complexity index is 1170. The quantitative estimate of drug-likeness (QED) is 0.296. The maximum Gasteiger partial charge on any atom is 0.331 e. The van der Waals surface area contributed by atoms with E-state index in [4.69, 9.17) is 14.2 Å². The molecular formula is C30H33NO4. The standard InChI is InChI=1S/C30H33NO4/c1-21(2)17-27(32)34-29-28(33-20-23-13-9-6-10-14-23)25-18-24(15-16-26(25)35-30(29,3)4)31-19-22-11-7-5-8-12-22/h5-18,28-29,31H,19-20H2,1-4H3. The van der Waals surface area contributed by atoms with Gasteiger partial charge < -0.3 is 19.5 Å². The molecule has 35 heavy (non-hydrogen) atoms. The number of anilines is 1. The van der Waals surface area contributed by atoms with Crippen LogP contribution in [0.5, 0.6) is 5.75 Å². The van der Waals surface area contributed by atoms with E-state index in [2.05, 4.69) is 17.4 Å². The maximum absolute atomic E-state index is 12.6. The molecule has 0 saturated heterocycles. The Morgan fingerprint density at radius 2 is 1.63 bits per heavy atom. The Morgan fingerprint density at radius 1 is 0.971 bits per heavy atom. The molecule has 2 unspecified atom stereocenters. The second kappa shape index (κ2) is 10.8. The molecular weight excluding hydrogens is 438 g/mol. The van der Waals surface area contributed by atoms with Crippen LogP contribution in [0.3, 0.4) is 0 Å².